The molecular weight excluding hydrogens is 406 g/mol. The van der Waals surface area contributed by atoms with Gasteiger partial charge in [-0.05, 0) is 61.0 Å². The number of nitrogens with zero attached hydrogens (tertiary/aromatic N) is 3. The molecule has 5 nitrogen and oxygen atoms in total. The van der Waals surface area contributed by atoms with E-state index >= 15 is 0 Å². The van der Waals surface area contributed by atoms with Crippen LogP contribution in [0, 0.1) is 0 Å². The molecule has 0 spiro atoms. The quantitative estimate of drug-likeness (QED) is 0.543. The summed E-state index contributed by atoms with van der Waals surface area (Å²) in [5.41, 5.74) is 3.54. The van der Waals surface area contributed by atoms with Crippen molar-refractivity contribution >= 4 is 28.7 Å². The van der Waals surface area contributed by atoms with Crippen molar-refractivity contribution in [2.75, 3.05) is 13.1 Å². The Balaban J connectivity index is 1.37. The third kappa shape index (κ3) is 5.17. The summed E-state index contributed by atoms with van der Waals surface area (Å²) in [7, 11) is 0. The summed E-state index contributed by atoms with van der Waals surface area (Å²) in [5, 5.41) is 3.03. The van der Waals surface area contributed by atoms with Crippen molar-refractivity contribution in [3.8, 4) is 0 Å². The largest absolute Gasteiger partial charge is 0.350 e. The van der Waals surface area contributed by atoms with Gasteiger partial charge in [0.1, 0.15) is 6.54 Å². The first-order chi connectivity index (χ1) is 14.6. The van der Waals surface area contributed by atoms with Crippen LogP contribution in [0.15, 0.2) is 53.7 Å². The van der Waals surface area contributed by atoms with Crippen LogP contribution in [0.2, 0.25) is 0 Å². The van der Waals surface area contributed by atoms with Crippen molar-refractivity contribution in [2.45, 2.75) is 43.4 Å². The summed E-state index contributed by atoms with van der Waals surface area (Å²) in [5.74, 6) is -2.84. The molecule has 1 aliphatic heterocycles. The Hall–Kier alpha value is -2.45. The van der Waals surface area contributed by atoms with E-state index < -0.39 is 5.76 Å². The van der Waals surface area contributed by atoms with Gasteiger partial charge in [-0.25, -0.2) is 4.98 Å². The van der Waals surface area contributed by atoms with E-state index in [1.807, 2.05) is 12.1 Å². The number of likely N-dealkylation sites (tertiary alicyclic amines) is 1. The van der Waals surface area contributed by atoms with Gasteiger partial charge in [-0.15, -0.1) is 0 Å². The first kappa shape index (κ1) is 20.8. The van der Waals surface area contributed by atoms with E-state index in [1.54, 1.807) is 28.8 Å². The van der Waals surface area contributed by atoms with Crippen molar-refractivity contribution in [3.05, 3.63) is 59.7 Å². The van der Waals surface area contributed by atoms with E-state index in [0.29, 0.717) is 29.3 Å². The number of aromatic nitrogens is 2. The van der Waals surface area contributed by atoms with Gasteiger partial charge >= 0.3 is 0 Å². The number of alkyl halides is 2. The number of imidazole rings is 1. The highest BCUT2D eigenvalue weighted by molar-refractivity contribution is 7.99. The molecule has 2 heterocycles. The number of benzene rings is 2. The van der Waals surface area contributed by atoms with Gasteiger partial charge in [-0.3, -0.25) is 9.69 Å². The average Bonchev–Trinajstić information content (AvgIpc) is 3.35. The van der Waals surface area contributed by atoms with E-state index in [4.69, 9.17) is 0 Å². The van der Waals surface area contributed by atoms with E-state index in [9.17, 15) is 13.6 Å². The van der Waals surface area contributed by atoms with E-state index in [-0.39, 0.29) is 17.6 Å². The zero-order valence-corrected chi connectivity index (χ0v) is 17.4. The summed E-state index contributed by atoms with van der Waals surface area (Å²) in [6.07, 6.45) is 2.54. The second-order valence-electron chi connectivity index (χ2n) is 7.42. The molecule has 8 heteroatoms. The van der Waals surface area contributed by atoms with Crippen molar-refractivity contribution in [1.82, 2.24) is 19.8 Å². The van der Waals surface area contributed by atoms with E-state index in [2.05, 4.69) is 27.3 Å². The van der Waals surface area contributed by atoms with Crippen LogP contribution in [0.4, 0.5) is 8.78 Å². The van der Waals surface area contributed by atoms with E-state index in [1.165, 1.54) is 18.4 Å². The van der Waals surface area contributed by atoms with Crippen LogP contribution in [0.5, 0.6) is 0 Å². The average molecular weight is 431 g/mol. The Morgan fingerprint density at radius 2 is 1.77 bits per heavy atom. The number of nitrogens with one attached hydrogen (secondary N) is 1. The van der Waals surface area contributed by atoms with Crippen molar-refractivity contribution in [1.29, 1.82) is 0 Å². The number of carbonyl (C=O) groups is 1. The van der Waals surface area contributed by atoms with Gasteiger partial charge in [0, 0.05) is 13.1 Å². The molecule has 0 saturated carbocycles. The lowest BCUT2D eigenvalue weighted by atomic mass is 10.1. The van der Waals surface area contributed by atoms with Crippen molar-refractivity contribution in [2.24, 2.45) is 0 Å². The molecule has 1 amide bonds. The summed E-state index contributed by atoms with van der Waals surface area (Å²) in [6.45, 7) is 3.62. The molecule has 0 unspecified atom stereocenters. The normalized spacial score (nSPS) is 14.6. The third-order valence-corrected chi connectivity index (χ3v) is 5.93. The molecule has 2 aromatic carbocycles. The van der Waals surface area contributed by atoms with Gasteiger partial charge in [-0.2, -0.15) is 8.78 Å². The second kappa shape index (κ2) is 9.57. The number of halogens is 2. The molecule has 1 N–H and O–H groups in total. The molecule has 1 saturated heterocycles. The minimum absolute atomic E-state index is 0.0530. The molecule has 0 radical (unpaired) electrons. The minimum atomic E-state index is -2.59. The van der Waals surface area contributed by atoms with Crippen LogP contribution < -0.4 is 5.32 Å². The predicted octanol–water partition coefficient (Wildman–Crippen LogP) is 4.26. The Labute approximate surface area is 178 Å². The third-order valence-electron chi connectivity index (χ3n) is 5.23. The molecular formula is C22H24F2N4OS. The van der Waals surface area contributed by atoms with Crippen LogP contribution in [0.1, 0.15) is 24.0 Å². The standard InChI is InChI=1S/C22H24F2N4OS/c23-21(24)30-22-26-18-5-1-2-6-19(18)28(22)15-20(29)25-13-16-7-9-17(10-8-16)14-27-11-3-4-12-27/h1-2,5-10,21H,3-4,11-15H2,(H,25,29). The van der Waals surface area contributed by atoms with E-state index in [0.717, 1.165) is 25.2 Å². The molecule has 1 fully saturated rings. The molecule has 1 aromatic heterocycles. The highest BCUT2D eigenvalue weighted by Crippen LogP contribution is 2.28. The predicted molar refractivity (Wildman–Crippen MR) is 114 cm³/mol. The Kier molecular flexibility index (Phi) is 6.64. The van der Waals surface area contributed by atoms with Gasteiger partial charge in [0.15, 0.2) is 5.16 Å². The monoisotopic (exact) mass is 430 g/mol. The zero-order chi connectivity index (χ0) is 20.9. The fraction of sp³-hybridized carbons (Fsp3) is 0.364. The molecule has 1 aliphatic rings. The van der Waals surface area contributed by atoms with Crippen LogP contribution in [-0.2, 0) is 24.4 Å². The molecule has 3 aromatic rings. The first-order valence-corrected chi connectivity index (χ1v) is 10.9. The molecule has 4 rings (SSSR count). The highest BCUT2D eigenvalue weighted by atomic mass is 32.2. The van der Waals surface area contributed by atoms with Gasteiger partial charge in [0.25, 0.3) is 5.76 Å². The minimum Gasteiger partial charge on any atom is -0.350 e. The van der Waals surface area contributed by atoms with Gasteiger partial charge < -0.3 is 9.88 Å². The fourth-order valence-electron chi connectivity index (χ4n) is 3.74. The number of carbonyl (C=O) groups excluding carboxylic acids is 1. The summed E-state index contributed by atoms with van der Waals surface area (Å²) in [4.78, 5) is 19.2. The lowest BCUT2D eigenvalue weighted by Crippen LogP contribution is -2.27. The van der Waals surface area contributed by atoms with Gasteiger partial charge in [0.2, 0.25) is 5.91 Å². The first-order valence-electron chi connectivity index (χ1n) is 10.1. The number of amides is 1. The smallest absolute Gasteiger partial charge is 0.291 e. The Morgan fingerprint density at radius 1 is 1.07 bits per heavy atom. The summed E-state index contributed by atoms with van der Waals surface area (Å²) in [6, 6.07) is 15.4. The van der Waals surface area contributed by atoms with Crippen LogP contribution in [0.3, 0.4) is 0 Å². The number of hydrogen-bond donors (Lipinski definition) is 1. The van der Waals surface area contributed by atoms with Crippen molar-refractivity contribution in [3.63, 3.8) is 0 Å². The maximum absolute atomic E-state index is 12.9. The van der Waals surface area contributed by atoms with Gasteiger partial charge in [0.05, 0.1) is 11.0 Å². The van der Waals surface area contributed by atoms with Crippen LogP contribution in [0.25, 0.3) is 11.0 Å². The zero-order valence-electron chi connectivity index (χ0n) is 16.6. The Morgan fingerprint density at radius 3 is 2.50 bits per heavy atom. The fourth-order valence-corrected chi connectivity index (χ4v) is 4.34. The van der Waals surface area contributed by atoms with Crippen molar-refractivity contribution < 1.29 is 13.6 Å². The highest BCUT2D eigenvalue weighted by Gasteiger charge is 2.17. The summed E-state index contributed by atoms with van der Waals surface area (Å²) < 4.78 is 27.3. The number of hydrogen-bond acceptors (Lipinski definition) is 4. The number of fused-ring (bicyclic) bond motifs is 1. The maximum atomic E-state index is 12.9. The number of para-hydroxylation sites is 2. The van der Waals surface area contributed by atoms with Gasteiger partial charge in [-0.1, -0.05) is 36.4 Å². The number of thioether (sulfide) groups is 1. The molecule has 158 valence electrons. The van der Waals surface area contributed by atoms with Crippen LogP contribution >= 0.6 is 11.8 Å². The van der Waals surface area contributed by atoms with Crippen LogP contribution in [-0.4, -0.2) is 39.2 Å². The molecule has 0 bridgehead atoms. The topological polar surface area (TPSA) is 50.2 Å². The lowest BCUT2D eigenvalue weighted by molar-refractivity contribution is -0.121. The molecule has 30 heavy (non-hydrogen) atoms. The summed E-state index contributed by atoms with van der Waals surface area (Å²) >= 11 is 0.356. The molecule has 0 aliphatic carbocycles. The number of rotatable bonds is 8. The maximum Gasteiger partial charge on any atom is 0.291 e. The molecule has 0 atom stereocenters. The SMILES string of the molecule is O=C(Cn1c(SC(F)F)nc2ccccc21)NCc1ccc(CN2CCCC2)cc1. The lowest BCUT2D eigenvalue weighted by Gasteiger charge is -2.15. The Bertz CT molecular complexity index is 1000. The second-order valence-corrected chi connectivity index (χ2v) is 8.38.